The molecule has 0 heterocycles. The summed E-state index contributed by atoms with van der Waals surface area (Å²) < 4.78 is 18.2. The largest absolute Gasteiger partial charge is 0.345 e. The van der Waals surface area contributed by atoms with Crippen molar-refractivity contribution < 1.29 is 9.13 Å². The second kappa shape index (κ2) is 3.35. The van der Waals surface area contributed by atoms with Crippen LogP contribution in [-0.4, -0.2) is 12.5 Å². The molecule has 0 spiro atoms. The van der Waals surface area contributed by atoms with Gasteiger partial charge in [-0.05, 0) is 25.7 Å². The molecule has 0 amide bonds. The summed E-state index contributed by atoms with van der Waals surface area (Å²) in [6.45, 7) is 5.49. The highest BCUT2D eigenvalue weighted by Crippen LogP contribution is 2.31. The molecule has 1 saturated carbocycles. The zero-order valence-electron chi connectivity index (χ0n) is 6.98. The normalized spacial score (nSPS) is 22.7. The second-order valence-electron chi connectivity index (χ2n) is 3.35. The minimum absolute atomic E-state index is 0.278. The maximum absolute atomic E-state index is 13.2. The molecule has 1 aliphatic rings. The van der Waals surface area contributed by atoms with Crippen LogP contribution in [0.3, 0.4) is 0 Å². The summed E-state index contributed by atoms with van der Waals surface area (Å²) in [7, 11) is 0. The Bertz CT molecular complexity index is 138. The Morgan fingerprint density at radius 3 is 2.82 bits per heavy atom. The van der Waals surface area contributed by atoms with Crippen molar-refractivity contribution in [3.05, 3.63) is 12.7 Å². The van der Waals surface area contributed by atoms with Crippen LogP contribution >= 0.6 is 0 Å². The van der Waals surface area contributed by atoms with Crippen LogP contribution in [0.2, 0.25) is 0 Å². The number of halogens is 1. The van der Waals surface area contributed by atoms with E-state index in [9.17, 15) is 4.39 Å². The van der Waals surface area contributed by atoms with Gasteiger partial charge in [-0.2, -0.15) is 0 Å². The number of hydrogen-bond acceptors (Lipinski definition) is 1. The predicted molar refractivity (Wildman–Crippen MR) is 43.0 cm³/mol. The van der Waals surface area contributed by atoms with E-state index in [2.05, 4.69) is 6.58 Å². The Morgan fingerprint density at radius 2 is 2.36 bits per heavy atom. The lowest BCUT2D eigenvalue weighted by Crippen LogP contribution is -2.22. The van der Waals surface area contributed by atoms with E-state index in [-0.39, 0.29) is 6.42 Å². The lowest BCUT2D eigenvalue weighted by Gasteiger charge is -2.18. The Morgan fingerprint density at radius 1 is 1.73 bits per heavy atom. The van der Waals surface area contributed by atoms with E-state index < -0.39 is 5.85 Å². The van der Waals surface area contributed by atoms with Crippen molar-refractivity contribution in [2.45, 2.75) is 32.0 Å². The molecule has 0 saturated heterocycles. The first-order valence-corrected chi connectivity index (χ1v) is 4.08. The van der Waals surface area contributed by atoms with E-state index in [1.807, 2.05) is 0 Å². The van der Waals surface area contributed by atoms with Crippen LogP contribution in [-0.2, 0) is 4.74 Å². The van der Waals surface area contributed by atoms with E-state index in [0.29, 0.717) is 12.5 Å². The van der Waals surface area contributed by atoms with Gasteiger partial charge >= 0.3 is 0 Å². The van der Waals surface area contributed by atoms with E-state index in [4.69, 9.17) is 4.74 Å². The topological polar surface area (TPSA) is 9.23 Å². The zero-order valence-corrected chi connectivity index (χ0v) is 6.98. The third kappa shape index (κ3) is 3.51. The van der Waals surface area contributed by atoms with Crippen molar-refractivity contribution >= 4 is 0 Å². The highest BCUT2D eigenvalue weighted by Gasteiger charge is 2.28. The minimum Gasteiger partial charge on any atom is -0.345 e. The first-order valence-electron chi connectivity index (χ1n) is 4.08. The third-order valence-corrected chi connectivity index (χ3v) is 1.83. The van der Waals surface area contributed by atoms with Crippen LogP contribution in [0.25, 0.3) is 0 Å². The molecule has 0 radical (unpaired) electrons. The molecule has 1 unspecified atom stereocenters. The van der Waals surface area contributed by atoms with E-state index in [1.165, 1.54) is 19.8 Å². The van der Waals surface area contributed by atoms with Crippen LogP contribution in [0.15, 0.2) is 12.7 Å². The molecule has 2 heteroatoms. The first-order chi connectivity index (χ1) is 5.14. The molecular weight excluding hydrogens is 143 g/mol. The van der Waals surface area contributed by atoms with Gasteiger partial charge in [0.1, 0.15) is 0 Å². The Kier molecular flexibility index (Phi) is 2.66. The summed E-state index contributed by atoms with van der Waals surface area (Å²) in [4.78, 5) is 0. The third-order valence-electron chi connectivity index (χ3n) is 1.83. The van der Waals surface area contributed by atoms with E-state index in [0.717, 1.165) is 0 Å². The molecule has 64 valence electrons. The Labute approximate surface area is 67.2 Å². The lowest BCUT2D eigenvalue weighted by atomic mass is 10.2. The average Bonchev–Trinajstić information content (AvgIpc) is 2.65. The summed E-state index contributed by atoms with van der Waals surface area (Å²) >= 11 is 0. The summed E-state index contributed by atoms with van der Waals surface area (Å²) in [5.41, 5.74) is 0. The first kappa shape index (κ1) is 8.72. The molecule has 11 heavy (non-hydrogen) atoms. The Balaban J connectivity index is 2.14. The fourth-order valence-electron chi connectivity index (χ4n) is 0.893. The van der Waals surface area contributed by atoms with Gasteiger partial charge in [-0.15, -0.1) is 6.58 Å². The quantitative estimate of drug-likeness (QED) is 0.559. The highest BCUT2D eigenvalue weighted by molar-refractivity contribution is 4.78. The van der Waals surface area contributed by atoms with Gasteiger partial charge in [0, 0.05) is 6.42 Å². The standard InChI is InChI=1S/C9H15FO/c1-3-6-9(2,10)11-7-8-4-5-8/h3,8H,1,4-7H2,2H3. The molecule has 1 atom stereocenters. The lowest BCUT2D eigenvalue weighted by molar-refractivity contribution is -0.131. The van der Waals surface area contributed by atoms with Crippen molar-refractivity contribution in [1.29, 1.82) is 0 Å². The molecule has 1 fully saturated rings. The van der Waals surface area contributed by atoms with E-state index in [1.54, 1.807) is 6.08 Å². The van der Waals surface area contributed by atoms with Gasteiger partial charge < -0.3 is 4.74 Å². The molecule has 0 N–H and O–H groups in total. The minimum atomic E-state index is -1.50. The Hall–Kier alpha value is -0.370. The molecule has 0 bridgehead atoms. The summed E-state index contributed by atoms with van der Waals surface area (Å²) in [5, 5.41) is 0. The molecular formula is C9H15FO. The summed E-state index contributed by atoms with van der Waals surface area (Å²) in [6, 6.07) is 0. The molecule has 0 aromatic rings. The van der Waals surface area contributed by atoms with Gasteiger partial charge in [0.25, 0.3) is 0 Å². The summed E-state index contributed by atoms with van der Waals surface area (Å²) in [5.74, 6) is -0.875. The van der Waals surface area contributed by atoms with Crippen LogP contribution in [0.1, 0.15) is 26.2 Å². The number of hydrogen-bond donors (Lipinski definition) is 0. The molecule has 0 aliphatic heterocycles. The molecule has 0 aromatic heterocycles. The van der Waals surface area contributed by atoms with Gasteiger partial charge in [-0.3, -0.25) is 0 Å². The van der Waals surface area contributed by atoms with Gasteiger partial charge in [-0.1, -0.05) is 6.08 Å². The number of rotatable bonds is 5. The maximum Gasteiger partial charge on any atom is 0.209 e. The molecule has 1 nitrogen and oxygen atoms in total. The van der Waals surface area contributed by atoms with Gasteiger partial charge in [0.05, 0.1) is 6.61 Å². The highest BCUT2D eigenvalue weighted by atomic mass is 19.2. The average molecular weight is 158 g/mol. The number of ether oxygens (including phenoxy) is 1. The van der Waals surface area contributed by atoms with Crippen LogP contribution < -0.4 is 0 Å². The van der Waals surface area contributed by atoms with Crippen molar-refractivity contribution in [3.8, 4) is 0 Å². The molecule has 1 rings (SSSR count). The monoisotopic (exact) mass is 158 g/mol. The fraction of sp³-hybridized carbons (Fsp3) is 0.778. The van der Waals surface area contributed by atoms with Gasteiger partial charge in [0.15, 0.2) is 0 Å². The number of alkyl halides is 1. The predicted octanol–water partition coefficient (Wildman–Crippen LogP) is 2.67. The van der Waals surface area contributed by atoms with Gasteiger partial charge in [-0.25, -0.2) is 4.39 Å². The van der Waals surface area contributed by atoms with Crippen molar-refractivity contribution in [2.75, 3.05) is 6.61 Å². The van der Waals surface area contributed by atoms with Crippen molar-refractivity contribution in [1.82, 2.24) is 0 Å². The SMILES string of the molecule is C=CCC(C)(F)OCC1CC1. The van der Waals surface area contributed by atoms with Crippen LogP contribution in [0.4, 0.5) is 4.39 Å². The molecule has 0 aromatic carbocycles. The van der Waals surface area contributed by atoms with Crippen molar-refractivity contribution in [2.24, 2.45) is 5.92 Å². The van der Waals surface area contributed by atoms with E-state index >= 15 is 0 Å². The van der Waals surface area contributed by atoms with Crippen LogP contribution in [0, 0.1) is 5.92 Å². The molecule has 1 aliphatic carbocycles. The second-order valence-corrected chi connectivity index (χ2v) is 3.35. The fourth-order valence-corrected chi connectivity index (χ4v) is 0.893. The summed E-state index contributed by atoms with van der Waals surface area (Å²) in [6.07, 6.45) is 4.22. The maximum atomic E-state index is 13.2. The smallest absolute Gasteiger partial charge is 0.209 e. The zero-order chi connectivity index (χ0) is 8.32. The van der Waals surface area contributed by atoms with Crippen molar-refractivity contribution in [3.63, 3.8) is 0 Å². The van der Waals surface area contributed by atoms with Crippen LogP contribution in [0.5, 0.6) is 0 Å². The van der Waals surface area contributed by atoms with Gasteiger partial charge in [0.2, 0.25) is 5.85 Å².